The average molecular weight is 293 g/mol. The average Bonchev–Trinajstić information content (AvgIpc) is 3.09. The van der Waals surface area contributed by atoms with Gasteiger partial charge in [0.25, 0.3) is 0 Å². The van der Waals surface area contributed by atoms with Gasteiger partial charge < -0.3 is 15.5 Å². The van der Waals surface area contributed by atoms with E-state index in [9.17, 15) is 5.26 Å². The van der Waals surface area contributed by atoms with Crippen LogP contribution in [0.2, 0.25) is 0 Å². The molecule has 2 N–H and O–H groups in total. The second-order valence-electron chi connectivity index (χ2n) is 5.50. The largest absolute Gasteiger partial charge is 0.371 e. The Balaban J connectivity index is 0.00000147. The van der Waals surface area contributed by atoms with Crippen molar-refractivity contribution in [3.63, 3.8) is 0 Å². The van der Waals surface area contributed by atoms with E-state index in [2.05, 4.69) is 28.0 Å². The lowest BCUT2D eigenvalue weighted by molar-refractivity contribution is 0.752. The van der Waals surface area contributed by atoms with Gasteiger partial charge >= 0.3 is 0 Å². The highest BCUT2D eigenvalue weighted by molar-refractivity contribution is 5.85. The zero-order valence-corrected chi connectivity index (χ0v) is 12.4. The summed E-state index contributed by atoms with van der Waals surface area (Å²) in [5.41, 5.74) is 9.04. The SMILES string of the molecule is Cl.N#Cc1ccc(N2CCCC2)cc1N1CC[C@H](N)C1. The number of anilines is 2. The van der Waals surface area contributed by atoms with E-state index in [4.69, 9.17) is 5.73 Å². The number of rotatable bonds is 2. The van der Waals surface area contributed by atoms with Crippen LogP contribution in [0.25, 0.3) is 0 Å². The normalized spacial score (nSPS) is 21.7. The molecule has 0 bridgehead atoms. The fourth-order valence-corrected chi connectivity index (χ4v) is 3.05. The van der Waals surface area contributed by atoms with E-state index in [0.29, 0.717) is 0 Å². The van der Waals surface area contributed by atoms with Gasteiger partial charge in [-0.15, -0.1) is 12.4 Å². The summed E-state index contributed by atoms with van der Waals surface area (Å²) in [4.78, 5) is 4.66. The molecule has 0 unspecified atom stereocenters. The molecule has 0 amide bonds. The van der Waals surface area contributed by atoms with Gasteiger partial charge in [0, 0.05) is 37.9 Å². The van der Waals surface area contributed by atoms with Crippen LogP contribution in [0.4, 0.5) is 11.4 Å². The predicted molar refractivity (Wildman–Crippen MR) is 84.7 cm³/mol. The van der Waals surface area contributed by atoms with E-state index in [0.717, 1.165) is 43.9 Å². The van der Waals surface area contributed by atoms with E-state index in [1.54, 1.807) is 0 Å². The summed E-state index contributed by atoms with van der Waals surface area (Å²) in [7, 11) is 0. The van der Waals surface area contributed by atoms with Crippen molar-refractivity contribution >= 4 is 23.8 Å². The van der Waals surface area contributed by atoms with Crippen LogP contribution in [0.1, 0.15) is 24.8 Å². The van der Waals surface area contributed by atoms with Crippen molar-refractivity contribution in [2.45, 2.75) is 25.3 Å². The lowest BCUT2D eigenvalue weighted by Crippen LogP contribution is -2.27. The zero-order chi connectivity index (χ0) is 13.2. The van der Waals surface area contributed by atoms with Gasteiger partial charge in [0.05, 0.1) is 11.3 Å². The Hall–Kier alpha value is -1.44. The maximum atomic E-state index is 9.28. The van der Waals surface area contributed by atoms with Crippen molar-refractivity contribution in [1.82, 2.24) is 0 Å². The summed E-state index contributed by atoms with van der Waals surface area (Å²) in [5, 5.41) is 9.28. The van der Waals surface area contributed by atoms with E-state index in [1.807, 2.05) is 6.07 Å². The monoisotopic (exact) mass is 292 g/mol. The molecule has 108 valence electrons. The first kappa shape index (κ1) is 15.0. The number of nitrogens with zero attached hydrogens (tertiary/aromatic N) is 3. The van der Waals surface area contributed by atoms with Crippen molar-refractivity contribution in [3.05, 3.63) is 23.8 Å². The van der Waals surface area contributed by atoms with E-state index >= 15 is 0 Å². The van der Waals surface area contributed by atoms with Crippen molar-refractivity contribution in [1.29, 1.82) is 5.26 Å². The van der Waals surface area contributed by atoms with E-state index in [1.165, 1.54) is 18.5 Å². The smallest absolute Gasteiger partial charge is 0.101 e. The van der Waals surface area contributed by atoms with Gasteiger partial charge in [0.15, 0.2) is 0 Å². The minimum Gasteiger partial charge on any atom is -0.371 e. The van der Waals surface area contributed by atoms with Crippen LogP contribution in [-0.4, -0.2) is 32.2 Å². The van der Waals surface area contributed by atoms with Crippen LogP contribution in [0.5, 0.6) is 0 Å². The lowest BCUT2D eigenvalue weighted by Gasteiger charge is -2.23. The molecular weight excluding hydrogens is 272 g/mol. The fourth-order valence-electron chi connectivity index (χ4n) is 3.05. The molecule has 2 fully saturated rings. The zero-order valence-electron chi connectivity index (χ0n) is 11.6. The highest BCUT2D eigenvalue weighted by atomic mass is 35.5. The summed E-state index contributed by atoms with van der Waals surface area (Å²) in [6.45, 7) is 4.08. The predicted octanol–water partition coefficient (Wildman–Crippen LogP) is 2.12. The molecule has 0 radical (unpaired) electrons. The van der Waals surface area contributed by atoms with Gasteiger partial charge in [-0.1, -0.05) is 0 Å². The molecule has 5 heteroatoms. The molecule has 20 heavy (non-hydrogen) atoms. The molecule has 2 aliphatic rings. The van der Waals surface area contributed by atoms with Gasteiger partial charge in [-0.25, -0.2) is 0 Å². The molecule has 2 saturated heterocycles. The molecule has 3 rings (SSSR count). The Bertz CT molecular complexity index is 505. The second-order valence-corrected chi connectivity index (χ2v) is 5.50. The van der Waals surface area contributed by atoms with Gasteiger partial charge in [-0.2, -0.15) is 5.26 Å². The van der Waals surface area contributed by atoms with Gasteiger partial charge in [0.2, 0.25) is 0 Å². The molecule has 0 aromatic heterocycles. The first-order valence-corrected chi connectivity index (χ1v) is 7.07. The maximum Gasteiger partial charge on any atom is 0.101 e. The maximum absolute atomic E-state index is 9.28. The fraction of sp³-hybridized carbons (Fsp3) is 0.533. The van der Waals surface area contributed by atoms with Crippen LogP contribution in [0.15, 0.2) is 18.2 Å². The van der Waals surface area contributed by atoms with Crippen LogP contribution >= 0.6 is 12.4 Å². The molecule has 1 aromatic rings. The Labute approximate surface area is 126 Å². The number of benzene rings is 1. The molecule has 1 aromatic carbocycles. The van der Waals surface area contributed by atoms with Gasteiger partial charge in [0.1, 0.15) is 6.07 Å². The third kappa shape index (κ3) is 2.84. The molecule has 2 aliphatic heterocycles. The summed E-state index contributed by atoms with van der Waals surface area (Å²) < 4.78 is 0. The highest BCUT2D eigenvalue weighted by Crippen LogP contribution is 2.30. The summed E-state index contributed by atoms with van der Waals surface area (Å²) in [6, 6.07) is 8.73. The van der Waals surface area contributed by atoms with E-state index in [-0.39, 0.29) is 18.4 Å². The third-order valence-electron chi connectivity index (χ3n) is 4.14. The lowest BCUT2D eigenvalue weighted by atomic mass is 10.1. The first-order valence-electron chi connectivity index (χ1n) is 7.07. The number of nitriles is 1. The Morgan fingerprint density at radius 2 is 1.90 bits per heavy atom. The van der Waals surface area contributed by atoms with Gasteiger partial charge in [-0.05, 0) is 37.5 Å². The third-order valence-corrected chi connectivity index (χ3v) is 4.14. The molecule has 0 saturated carbocycles. The summed E-state index contributed by atoms with van der Waals surface area (Å²) >= 11 is 0. The van der Waals surface area contributed by atoms with Crippen molar-refractivity contribution < 1.29 is 0 Å². The summed E-state index contributed by atoms with van der Waals surface area (Å²) in [6.07, 6.45) is 3.55. The van der Waals surface area contributed by atoms with Gasteiger partial charge in [-0.3, -0.25) is 0 Å². The van der Waals surface area contributed by atoms with Crippen LogP contribution in [0, 0.1) is 11.3 Å². The number of halogens is 1. The number of hydrogen-bond acceptors (Lipinski definition) is 4. The molecule has 4 nitrogen and oxygen atoms in total. The standard InChI is InChI=1S/C15H20N4.ClH/c16-10-12-3-4-14(18-6-1-2-7-18)9-15(12)19-8-5-13(17)11-19;/h3-4,9,13H,1-2,5-8,11,17H2;1H/t13-;/m0./s1. The molecule has 1 atom stereocenters. The topological polar surface area (TPSA) is 56.3 Å². The Kier molecular flexibility index (Phi) is 4.74. The quantitative estimate of drug-likeness (QED) is 0.907. The Morgan fingerprint density at radius 1 is 1.15 bits per heavy atom. The Morgan fingerprint density at radius 3 is 2.50 bits per heavy atom. The first-order chi connectivity index (χ1) is 9.28. The highest BCUT2D eigenvalue weighted by Gasteiger charge is 2.23. The van der Waals surface area contributed by atoms with Crippen LogP contribution in [-0.2, 0) is 0 Å². The van der Waals surface area contributed by atoms with Crippen molar-refractivity contribution in [2.24, 2.45) is 5.73 Å². The second kappa shape index (κ2) is 6.34. The van der Waals surface area contributed by atoms with E-state index < -0.39 is 0 Å². The molecule has 0 spiro atoms. The number of hydrogen-bond donors (Lipinski definition) is 1. The van der Waals surface area contributed by atoms with Crippen molar-refractivity contribution in [3.8, 4) is 6.07 Å². The van der Waals surface area contributed by atoms with Crippen LogP contribution in [0.3, 0.4) is 0 Å². The van der Waals surface area contributed by atoms with Crippen LogP contribution < -0.4 is 15.5 Å². The molecule has 2 heterocycles. The van der Waals surface area contributed by atoms with Crippen molar-refractivity contribution in [2.75, 3.05) is 36.0 Å². The minimum absolute atomic E-state index is 0. The minimum atomic E-state index is 0. The molecule has 0 aliphatic carbocycles. The summed E-state index contributed by atoms with van der Waals surface area (Å²) in [5.74, 6) is 0. The number of nitrogens with two attached hydrogens (primary N) is 1. The molecular formula is C15H21ClN4.